The van der Waals surface area contributed by atoms with Gasteiger partial charge in [0, 0.05) is 25.5 Å². The summed E-state index contributed by atoms with van der Waals surface area (Å²) in [7, 11) is -4.71. The number of carbonyl (C=O) groups excluding carboxylic acids is 2. The molecule has 10 nitrogen and oxygen atoms in total. The molecule has 4 rings (SSSR count). The summed E-state index contributed by atoms with van der Waals surface area (Å²) in [5.74, 6) is -2.17. The summed E-state index contributed by atoms with van der Waals surface area (Å²) < 4.78 is 54.4. The van der Waals surface area contributed by atoms with Gasteiger partial charge in [0.25, 0.3) is 0 Å². The highest BCUT2D eigenvalue weighted by Gasteiger charge is 2.52. The lowest BCUT2D eigenvalue weighted by molar-refractivity contribution is -0.125. The molecule has 0 saturated heterocycles. The van der Waals surface area contributed by atoms with Crippen molar-refractivity contribution >= 4 is 51.6 Å². The van der Waals surface area contributed by atoms with Crippen LogP contribution in [-0.2, 0) is 34.1 Å². The van der Waals surface area contributed by atoms with E-state index < -0.39 is 34.7 Å². The summed E-state index contributed by atoms with van der Waals surface area (Å²) in [5.41, 5.74) is 0.538. The standard InChI is InChI=1S/C25H30N3O7PS/c1-15(34-3)12-13-25(2)18-9-7-6-8-17(18)22(29)21(23(25)30)24-26-19-11-10-16(28-37(5,32)33)14-20(19)36(31,27-24)35-4/h6-11,14-15,21,28H,12-13H2,1-5H3,(H,26,27,31). The monoisotopic (exact) mass is 547 g/mol. The largest absolute Gasteiger partial charge is 0.382 e. The molecule has 2 aliphatic rings. The fourth-order valence-corrected chi connectivity index (χ4v) is 6.92. The third-order valence-corrected chi connectivity index (χ3v) is 9.50. The van der Waals surface area contributed by atoms with Crippen molar-refractivity contribution in [1.29, 1.82) is 0 Å². The molecule has 198 valence electrons. The highest BCUT2D eigenvalue weighted by Crippen LogP contribution is 2.52. The minimum absolute atomic E-state index is 0.0583. The summed E-state index contributed by atoms with van der Waals surface area (Å²) in [4.78, 5) is 27.7. The number of hydrogen-bond donors (Lipinski definition) is 2. The zero-order chi connectivity index (χ0) is 27.2. The van der Waals surface area contributed by atoms with Crippen molar-refractivity contribution in [3.05, 3.63) is 53.6 Å². The van der Waals surface area contributed by atoms with E-state index in [9.17, 15) is 22.6 Å². The lowest BCUT2D eigenvalue weighted by Crippen LogP contribution is -2.51. The molecule has 0 bridgehead atoms. The molecule has 0 aromatic heterocycles. The molecule has 2 aromatic rings. The molecule has 0 saturated carbocycles. The van der Waals surface area contributed by atoms with Gasteiger partial charge in [0.2, 0.25) is 10.0 Å². The molecule has 1 aliphatic heterocycles. The third-order valence-electron chi connectivity index (χ3n) is 6.94. The average molecular weight is 548 g/mol. The zero-order valence-corrected chi connectivity index (χ0v) is 23.0. The van der Waals surface area contributed by atoms with Gasteiger partial charge in [-0.2, -0.15) is 4.76 Å². The van der Waals surface area contributed by atoms with Gasteiger partial charge < -0.3 is 14.6 Å². The molecule has 12 heteroatoms. The Bertz CT molecular complexity index is 1460. The number of nitrogens with zero attached hydrogens (tertiary/aromatic N) is 1. The molecule has 0 fully saturated rings. The van der Waals surface area contributed by atoms with Gasteiger partial charge >= 0.3 is 7.52 Å². The average Bonchev–Trinajstić information content (AvgIpc) is 2.86. The van der Waals surface area contributed by atoms with Crippen LogP contribution in [0.5, 0.6) is 0 Å². The second-order valence-electron chi connectivity index (χ2n) is 9.54. The molecular formula is C25H30N3O7PS. The molecule has 0 spiro atoms. The van der Waals surface area contributed by atoms with Crippen LogP contribution in [-0.4, -0.2) is 52.4 Å². The van der Waals surface area contributed by atoms with Crippen molar-refractivity contribution < 1.29 is 31.8 Å². The molecule has 2 aromatic carbocycles. The van der Waals surface area contributed by atoms with E-state index in [0.717, 1.165) is 6.26 Å². The number of anilines is 2. The Morgan fingerprint density at radius 1 is 1.19 bits per heavy atom. The maximum absolute atomic E-state index is 14.1. The number of benzene rings is 2. The van der Waals surface area contributed by atoms with Gasteiger partial charge in [0.05, 0.1) is 28.8 Å². The van der Waals surface area contributed by atoms with Gasteiger partial charge in [-0.15, -0.1) is 0 Å². The van der Waals surface area contributed by atoms with Gasteiger partial charge in [0.1, 0.15) is 11.8 Å². The smallest absolute Gasteiger partial charge is 0.348 e. The topological polar surface area (TPSA) is 140 Å². The Labute approximate surface area is 216 Å². The first-order valence-corrected chi connectivity index (χ1v) is 15.2. The Kier molecular flexibility index (Phi) is 7.20. The maximum atomic E-state index is 14.1. The number of nitrogens with one attached hydrogen (secondary N) is 2. The number of methoxy groups -OCH3 is 1. The molecule has 37 heavy (non-hydrogen) atoms. The van der Waals surface area contributed by atoms with Gasteiger partial charge in [0.15, 0.2) is 11.6 Å². The number of sulfonamides is 1. The van der Waals surface area contributed by atoms with Gasteiger partial charge in [-0.1, -0.05) is 24.3 Å². The van der Waals surface area contributed by atoms with Crippen molar-refractivity contribution in [2.75, 3.05) is 30.5 Å². The Hall–Kier alpha value is -2.85. The van der Waals surface area contributed by atoms with Gasteiger partial charge in [-0.05, 0) is 50.5 Å². The summed E-state index contributed by atoms with van der Waals surface area (Å²) >= 11 is 0. The summed E-state index contributed by atoms with van der Waals surface area (Å²) in [5, 5.41) is 3.13. The highest BCUT2D eigenvalue weighted by atomic mass is 32.2. The number of rotatable bonds is 8. The van der Waals surface area contributed by atoms with E-state index in [2.05, 4.69) is 14.8 Å². The van der Waals surface area contributed by atoms with E-state index in [1.54, 1.807) is 31.4 Å². The van der Waals surface area contributed by atoms with Crippen molar-refractivity contribution in [3.63, 3.8) is 0 Å². The van der Waals surface area contributed by atoms with Crippen LogP contribution in [0.4, 0.5) is 11.4 Å². The van der Waals surface area contributed by atoms with Crippen molar-refractivity contribution in [2.45, 2.75) is 38.2 Å². The van der Waals surface area contributed by atoms with Crippen molar-refractivity contribution in [3.8, 4) is 0 Å². The molecule has 0 radical (unpaired) electrons. The molecule has 0 amide bonds. The first-order valence-electron chi connectivity index (χ1n) is 11.7. The second-order valence-corrected chi connectivity index (χ2v) is 13.4. The summed E-state index contributed by atoms with van der Waals surface area (Å²) in [6, 6.07) is 11.4. The fourth-order valence-electron chi connectivity index (χ4n) is 4.80. The van der Waals surface area contributed by atoms with Crippen LogP contribution in [0.2, 0.25) is 0 Å². The predicted octanol–water partition coefficient (Wildman–Crippen LogP) is 3.50. The summed E-state index contributed by atoms with van der Waals surface area (Å²) in [6.07, 6.45) is 1.94. The molecule has 1 heterocycles. The quantitative estimate of drug-likeness (QED) is 0.378. The molecule has 1 aliphatic carbocycles. The Morgan fingerprint density at radius 3 is 2.54 bits per heavy atom. The minimum atomic E-state index is -3.95. The van der Waals surface area contributed by atoms with Crippen LogP contribution < -0.4 is 15.3 Å². The van der Waals surface area contributed by atoms with E-state index in [1.807, 2.05) is 13.8 Å². The van der Waals surface area contributed by atoms with Gasteiger partial charge in [-0.25, -0.2) is 8.42 Å². The van der Waals surface area contributed by atoms with E-state index in [0.29, 0.717) is 29.7 Å². The van der Waals surface area contributed by atoms with Crippen molar-refractivity contribution in [1.82, 2.24) is 0 Å². The fraction of sp³-hybridized carbons (Fsp3) is 0.400. The SMILES string of the molecule is COC(C)CCC1(C)C(=O)C(C2=NP(=O)(OC)c3cc(NS(C)(=O)=O)ccc3N2)C(=O)c2ccccc21. The van der Waals surface area contributed by atoms with Crippen LogP contribution in [0.15, 0.2) is 47.2 Å². The number of Topliss-reactive ketones (excluding diaryl/α,β-unsaturated/α-hetero) is 2. The van der Waals surface area contributed by atoms with Crippen LogP contribution in [0.1, 0.15) is 42.6 Å². The number of ether oxygens (including phenoxy) is 1. The minimum Gasteiger partial charge on any atom is -0.382 e. The van der Waals surface area contributed by atoms with Gasteiger partial charge in [-0.3, -0.25) is 18.9 Å². The van der Waals surface area contributed by atoms with Crippen molar-refractivity contribution in [2.24, 2.45) is 10.7 Å². The van der Waals surface area contributed by atoms with Crippen LogP contribution >= 0.6 is 7.52 Å². The van der Waals surface area contributed by atoms with E-state index >= 15 is 0 Å². The zero-order valence-electron chi connectivity index (χ0n) is 21.3. The summed E-state index contributed by atoms with van der Waals surface area (Å²) in [6.45, 7) is 3.73. The lowest BCUT2D eigenvalue weighted by Gasteiger charge is -2.39. The van der Waals surface area contributed by atoms with E-state index in [4.69, 9.17) is 9.26 Å². The van der Waals surface area contributed by atoms with E-state index in [-0.39, 0.29) is 28.7 Å². The number of ketones is 2. The maximum Gasteiger partial charge on any atom is 0.348 e. The highest BCUT2D eigenvalue weighted by molar-refractivity contribution is 7.92. The van der Waals surface area contributed by atoms with Crippen LogP contribution in [0, 0.1) is 5.92 Å². The third kappa shape index (κ3) is 5.01. The molecule has 4 unspecified atom stereocenters. The van der Waals surface area contributed by atoms with Crippen LogP contribution in [0.3, 0.4) is 0 Å². The first-order chi connectivity index (χ1) is 17.3. The first kappa shape index (κ1) is 27.2. The molecular weight excluding hydrogens is 517 g/mol. The molecule has 4 atom stereocenters. The number of carbonyl (C=O) groups is 2. The Balaban J connectivity index is 1.80. The predicted molar refractivity (Wildman–Crippen MR) is 143 cm³/mol. The second kappa shape index (κ2) is 9.79. The normalized spacial score (nSPS) is 26.0. The van der Waals surface area contributed by atoms with Crippen LogP contribution in [0.25, 0.3) is 0 Å². The number of amidine groups is 1. The number of fused-ring (bicyclic) bond motifs is 2. The lowest BCUT2D eigenvalue weighted by atomic mass is 9.63. The number of hydrogen-bond acceptors (Lipinski definition) is 8. The Morgan fingerprint density at radius 2 is 1.89 bits per heavy atom. The van der Waals surface area contributed by atoms with E-state index in [1.165, 1.54) is 25.3 Å². The molecule has 2 N–H and O–H groups in total.